The molecular weight excluding hydrogens is 238 g/mol. The van der Waals surface area contributed by atoms with Crippen molar-refractivity contribution in [2.45, 2.75) is 13.0 Å². The van der Waals surface area contributed by atoms with Gasteiger partial charge in [-0.1, -0.05) is 12.1 Å². The molecule has 2 aromatic rings. The van der Waals surface area contributed by atoms with Gasteiger partial charge < -0.3 is 16.4 Å². The minimum absolute atomic E-state index is 0.100. The Morgan fingerprint density at radius 1 is 1.05 bits per heavy atom. The molecule has 2 aromatic carbocycles. The third-order valence-corrected chi connectivity index (χ3v) is 3.33. The molecule has 4 N–H and O–H groups in total. The molecule has 0 spiro atoms. The van der Waals surface area contributed by atoms with Gasteiger partial charge in [-0.3, -0.25) is 4.79 Å². The molecular formula is C15H15N3O. The third-order valence-electron chi connectivity index (χ3n) is 3.33. The van der Waals surface area contributed by atoms with E-state index in [9.17, 15) is 4.79 Å². The van der Waals surface area contributed by atoms with Crippen LogP contribution >= 0.6 is 0 Å². The number of carbonyl (C=O) groups excluding carboxylic acids is 1. The first-order valence-electron chi connectivity index (χ1n) is 6.16. The van der Waals surface area contributed by atoms with Crippen molar-refractivity contribution in [3.05, 3.63) is 53.6 Å². The number of anilines is 3. The second-order valence-electron chi connectivity index (χ2n) is 4.79. The summed E-state index contributed by atoms with van der Waals surface area (Å²) in [6.07, 6.45) is 0.419. The second kappa shape index (κ2) is 4.31. The molecule has 0 radical (unpaired) electrons. The second-order valence-corrected chi connectivity index (χ2v) is 4.79. The van der Waals surface area contributed by atoms with Crippen molar-refractivity contribution in [1.29, 1.82) is 0 Å². The van der Waals surface area contributed by atoms with Gasteiger partial charge in [0.15, 0.2) is 0 Å². The van der Waals surface area contributed by atoms with Gasteiger partial charge in [0.25, 0.3) is 0 Å². The Balaban J connectivity index is 1.92. The van der Waals surface area contributed by atoms with E-state index < -0.39 is 0 Å². The SMILES string of the molecule is Nc1cccc(CN2C(=O)Cc3cc(N)ccc32)c1. The van der Waals surface area contributed by atoms with E-state index in [0.717, 1.165) is 16.8 Å². The van der Waals surface area contributed by atoms with Crippen molar-refractivity contribution < 1.29 is 4.79 Å². The molecule has 1 aliphatic heterocycles. The van der Waals surface area contributed by atoms with Crippen LogP contribution < -0.4 is 16.4 Å². The number of rotatable bonds is 2. The van der Waals surface area contributed by atoms with E-state index in [4.69, 9.17) is 11.5 Å². The lowest BCUT2D eigenvalue weighted by Gasteiger charge is -2.18. The van der Waals surface area contributed by atoms with Gasteiger partial charge in [0.2, 0.25) is 5.91 Å². The molecule has 0 saturated carbocycles. The molecule has 19 heavy (non-hydrogen) atoms. The maximum Gasteiger partial charge on any atom is 0.231 e. The molecule has 0 atom stereocenters. The summed E-state index contributed by atoms with van der Waals surface area (Å²) >= 11 is 0. The number of hydrogen-bond acceptors (Lipinski definition) is 3. The van der Waals surface area contributed by atoms with E-state index in [-0.39, 0.29) is 5.91 Å². The van der Waals surface area contributed by atoms with Crippen molar-refractivity contribution in [3.8, 4) is 0 Å². The van der Waals surface area contributed by atoms with Crippen LogP contribution in [0.5, 0.6) is 0 Å². The van der Waals surface area contributed by atoms with Crippen molar-refractivity contribution in [1.82, 2.24) is 0 Å². The molecule has 0 aliphatic carbocycles. The number of benzene rings is 2. The lowest BCUT2D eigenvalue weighted by molar-refractivity contribution is -0.117. The summed E-state index contributed by atoms with van der Waals surface area (Å²) in [6.45, 7) is 0.542. The van der Waals surface area contributed by atoms with Gasteiger partial charge in [-0.15, -0.1) is 0 Å². The summed E-state index contributed by atoms with van der Waals surface area (Å²) in [5, 5.41) is 0. The van der Waals surface area contributed by atoms with E-state index in [1.165, 1.54) is 0 Å². The summed E-state index contributed by atoms with van der Waals surface area (Å²) in [4.78, 5) is 13.9. The van der Waals surface area contributed by atoms with Gasteiger partial charge in [-0.05, 0) is 41.5 Å². The molecule has 1 aliphatic rings. The van der Waals surface area contributed by atoms with Crippen LogP contribution in [-0.2, 0) is 17.8 Å². The third kappa shape index (κ3) is 2.12. The van der Waals surface area contributed by atoms with Crippen molar-refractivity contribution in [3.63, 3.8) is 0 Å². The zero-order chi connectivity index (χ0) is 13.4. The van der Waals surface area contributed by atoms with Gasteiger partial charge >= 0.3 is 0 Å². The molecule has 0 saturated heterocycles. The number of nitrogens with two attached hydrogens (primary N) is 2. The summed E-state index contributed by atoms with van der Waals surface area (Å²) in [5.74, 6) is 0.100. The van der Waals surface area contributed by atoms with Gasteiger partial charge in [-0.2, -0.15) is 0 Å². The van der Waals surface area contributed by atoms with Crippen LogP contribution in [0.3, 0.4) is 0 Å². The Kier molecular flexibility index (Phi) is 2.63. The molecule has 0 aromatic heterocycles. The highest BCUT2D eigenvalue weighted by atomic mass is 16.2. The van der Waals surface area contributed by atoms with Crippen LogP contribution in [0.1, 0.15) is 11.1 Å². The molecule has 0 fully saturated rings. The van der Waals surface area contributed by atoms with Crippen molar-refractivity contribution in [2.75, 3.05) is 16.4 Å². The number of nitrogen functional groups attached to an aromatic ring is 2. The first-order valence-corrected chi connectivity index (χ1v) is 6.16. The number of nitrogens with zero attached hydrogens (tertiary/aromatic N) is 1. The van der Waals surface area contributed by atoms with Crippen molar-refractivity contribution in [2.24, 2.45) is 0 Å². The molecule has 0 unspecified atom stereocenters. The van der Waals surface area contributed by atoms with E-state index in [1.807, 2.05) is 42.5 Å². The van der Waals surface area contributed by atoms with Crippen LogP contribution in [-0.4, -0.2) is 5.91 Å². The Labute approximate surface area is 111 Å². The van der Waals surface area contributed by atoms with Crippen LogP contribution in [0, 0.1) is 0 Å². The highest BCUT2D eigenvalue weighted by molar-refractivity contribution is 6.01. The normalized spacial score (nSPS) is 13.7. The molecule has 0 bridgehead atoms. The lowest BCUT2D eigenvalue weighted by atomic mass is 10.1. The first kappa shape index (κ1) is 11.6. The van der Waals surface area contributed by atoms with Gasteiger partial charge in [-0.25, -0.2) is 0 Å². The van der Waals surface area contributed by atoms with Crippen LogP contribution in [0.2, 0.25) is 0 Å². The quantitative estimate of drug-likeness (QED) is 0.803. The van der Waals surface area contributed by atoms with E-state index in [1.54, 1.807) is 4.90 Å². The Morgan fingerprint density at radius 2 is 1.84 bits per heavy atom. The number of carbonyl (C=O) groups is 1. The van der Waals surface area contributed by atoms with Gasteiger partial charge in [0.05, 0.1) is 13.0 Å². The van der Waals surface area contributed by atoms with Gasteiger partial charge in [0.1, 0.15) is 0 Å². The monoisotopic (exact) mass is 253 g/mol. The molecule has 4 heteroatoms. The maximum absolute atomic E-state index is 12.1. The fourth-order valence-electron chi connectivity index (χ4n) is 2.45. The maximum atomic E-state index is 12.1. The predicted molar refractivity (Wildman–Crippen MR) is 76.6 cm³/mol. The summed E-state index contributed by atoms with van der Waals surface area (Å²) < 4.78 is 0. The lowest BCUT2D eigenvalue weighted by Crippen LogP contribution is -2.25. The van der Waals surface area contributed by atoms with Crippen LogP contribution in [0.25, 0.3) is 0 Å². The molecule has 1 heterocycles. The number of hydrogen-bond donors (Lipinski definition) is 2. The van der Waals surface area contributed by atoms with Crippen LogP contribution in [0.4, 0.5) is 17.1 Å². The number of amides is 1. The largest absolute Gasteiger partial charge is 0.399 e. The van der Waals surface area contributed by atoms with E-state index in [2.05, 4.69) is 0 Å². The highest BCUT2D eigenvalue weighted by Crippen LogP contribution is 2.31. The summed E-state index contributed by atoms with van der Waals surface area (Å²) in [6, 6.07) is 13.2. The average Bonchev–Trinajstić information content (AvgIpc) is 2.65. The standard InChI is InChI=1S/C15H15N3O/c16-12-3-1-2-10(6-12)9-18-14-5-4-13(17)7-11(14)8-15(18)19/h1-7H,8-9,16-17H2. The Hall–Kier alpha value is -2.49. The topological polar surface area (TPSA) is 72.3 Å². The first-order chi connectivity index (χ1) is 9.13. The van der Waals surface area contributed by atoms with E-state index in [0.29, 0.717) is 24.3 Å². The zero-order valence-electron chi connectivity index (χ0n) is 10.5. The van der Waals surface area contributed by atoms with Gasteiger partial charge in [0, 0.05) is 17.1 Å². The highest BCUT2D eigenvalue weighted by Gasteiger charge is 2.27. The Bertz CT molecular complexity index is 652. The summed E-state index contributed by atoms with van der Waals surface area (Å²) in [5.41, 5.74) is 15.9. The minimum atomic E-state index is 0.100. The summed E-state index contributed by atoms with van der Waals surface area (Å²) in [7, 11) is 0. The van der Waals surface area contributed by atoms with Crippen LogP contribution in [0.15, 0.2) is 42.5 Å². The average molecular weight is 253 g/mol. The fraction of sp³-hybridized carbons (Fsp3) is 0.133. The smallest absolute Gasteiger partial charge is 0.231 e. The van der Waals surface area contributed by atoms with Crippen molar-refractivity contribution >= 4 is 23.0 Å². The number of fused-ring (bicyclic) bond motifs is 1. The fourth-order valence-corrected chi connectivity index (χ4v) is 2.45. The predicted octanol–water partition coefficient (Wildman–Crippen LogP) is 1.94. The minimum Gasteiger partial charge on any atom is -0.399 e. The molecule has 4 nitrogen and oxygen atoms in total. The molecule has 1 amide bonds. The Morgan fingerprint density at radius 3 is 2.63 bits per heavy atom. The van der Waals surface area contributed by atoms with E-state index >= 15 is 0 Å². The molecule has 96 valence electrons. The zero-order valence-corrected chi connectivity index (χ0v) is 10.5. The molecule has 3 rings (SSSR count).